The quantitative estimate of drug-likeness (QED) is 0.767. The molecule has 1 N–H and O–H groups in total. The molecule has 19 heavy (non-hydrogen) atoms. The van der Waals surface area contributed by atoms with Gasteiger partial charge in [0, 0.05) is 12.6 Å². The summed E-state index contributed by atoms with van der Waals surface area (Å²) in [5.41, 5.74) is 1.23. The molecule has 1 atom stereocenters. The lowest BCUT2D eigenvalue weighted by molar-refractivity contribution is -0.150. The molecule has 1 saturated carbocycles. The summed E-state index contributed by atoms with van der Waals surface area (Å²) in [7, 11) is 0. The number of ether oxygens (including phenoxy) is 2. The molecule has 104 valence electrons. The largest absolute Gasteiger partial charge is 0.479 e. The highest BCUT2D eigenvalue weighted by atomic mass is 16.6. The maximum absolute atomic E-state index is 11.4. The van der Waals surface area contributed by atoms with Gasteiger partial charge in [-0.1, -0.05) is 12.1 Å². The highest BCUT2D eigenvalue weighted by Gasteiger charge is 2.20. The number of carbonyl (C=O) groups excluding carboxylic acids is 1. The zero-order valence-corrected chi connectivity index (χ0v) is 11.5. The number of hydrogen-bond acceptors (Lipinski definition) is 4. The fourth-order valence-electron chi connectivity index (χ4n) is 1.75. The average Bonchev–Trinajstić information content (AvgIpc) is 3.22. The Labute approximate surface area is 114 Å². The van der Waals surface area contributed by atoms with Gasteiger partial charge in [-0.25, -0.2) is 4.79 Å². The minimum Gasteiger partial charge on any atom is -0.479 e. The maximum atomic E-state index is 11.4. The van der Waals surface area contributed by atoms with Crippen LogP contribution in [0.5, 0.6) is 5.75 Å². The number of carbonyl (C=O) groups is 1. The summed E-state index contributed by atoms with van der Waals surface area (Å²) < 4.78 is 10.4. The van der Waals surface area contributed by atoms with Crippen LogP contribution in [-0.2, 0) is 16.1 Å². The van der Waals surface area contributed by atoms with Gasteiger partial charge in [0.1, 0.15) is 5.75 Å². The molecule has 0 aliphatic heterocycles. The van der Waals surface area contributed by atoms with Crippen molar-refractivity contribution in [2.45, 2.75) is 45.4 Å². The van der Waals surface area contributed by atoms with E-state index in [-0.39, 0.29) is 5.97 Å². The van der Waals surface area contributed by atoms with Crippen LogP contribution in [0.1, 0.15) is 32.3 Å². The van der Waals surface area contributed by atoms with E-state index in [0.29, 0.717) is 18.4 Å². The lowest BCUT2D eigenvalue weighted by Crippen LogP contribution is -2.26. The van der Waals surface area contributed by atoms with Gasteiger partial charge in [-0.15, -0.1) is 0 Å². The molecular weight excluding hydrogens is 242 g/mol. The van der Waals surface area contributed by atoms with Crippen molar-refractivity contribution in [1.29, 1.82) is 0 Å². The van der Waals surface area contributed by atoms with Gasteiger partial charge in [-0.2, -0.15) is 0 Å². The van der Waals surface area contributed by atoms with E-state index in [0.717, 1.165) is 6.54 Å². The number of benzene rings is 1. The molecule has 0 saturated heterocycles. The fraction of sp³-hybridized carbons (Fsp3) is 0.533. The number of hydrogen-bond donors (Lipinski definition) is 1. The van der Waals surface area contributed by atoms with Crippen molar-refractivity contribution in [3.05, 3.63) is 29.8 Å². The average molecular weight is 263 g/mol. The molecule has 1 unspecified atom stereocenters. The highest BCUT2D eigenvalue weighted by Crippen LogP contribution is 2.20. The van der Waals surface area contributed by atoms with Gasteiger partial charge in [0.05, 0.1) is 6.61 Å². The standard InChI is InChI=1S/C15H21NO3/c1-3-18-15(17)11(2)19-14-8-4-12(5-9-14)10-16-13-6-7-13/h4-5,8-9,11,13,16H,3,6-7,10H2,1-2H3. The van der Waals surface area contributed by atoms with Crippen LogP contribution in [0.4, 0.5) is 0 Å². The van der Waals surface area contributed by atoms with E-state index in [1.807, 2.05) is 24.3 Å². The molecule has 1 aromatic carbocycles. The van der Waals surface area contributed by atoms with Crippen LogP contribution < -0.4 is 10.1 Å². The summed E-state index contributed by atoms with van der Waals surface area (Å²) in [5, 5.41) is 3.45. The minimum atomic E-state index is -0.574. The third-order valence-electron chi connectivity index (χ3n) is 3.03. The monoisotopic (exact) mass is 263 g/mol. The molecule has 1 aromatic rings. The molecule has 0 bridgehead atoms. The van der Waals surface area contributed by atoms with Gasteiger partial charge in [-0.05, 0) is 44.4 Å². The molecule has 1 fully saturated rings. The molecule has 0 radical (unpaired) electrons. The van der Waals surface area contributed by atoms with E-state index in [9.17, 15) is 4.79 Å². The van der Waals surface area contributed by atoms with Crippen molar-refractivity contribution < 1.29 is 14.3 Å². The first-order chi connectivity index (χ1) is 9.19. The third kappa shape index (κ3) is 4.56. The Balaban J connectivity index is 1.81. The van der Waals surface area contributed by atoms with Crippen LogP contribution >= 0.6 is 0 Å². The fourth-order valence-corrected chi connectivity index (χ4v) is 1.75. The van der Waals surface area contributed by atoms with Gasteiger partial charge in [0.15, 0.2) is 6.10 Å². The maximum Gasteiger partial charge on any atom is 0.347 e. The van der Waals surface area contributed by atoms with Crippen molar-refractivity contribution in [2.75, 3.05) is 6.61 Å². The van der Waals surface area contributed by atoms with Crippen LogP contribution in [0, 0.1) is 0 Å². The molecule has 0 heterocycles. The third-order valence-corrected chi connectivity index (χ3v) is 3.03. The van der Waals surface area contributed by atoms with Gasteiger partial charge in [0.2, 0.25) is 0 Å². The Morgan fingerprint density at radius 2 is 2.05 bits per heavy atom. The van der Waals surface area contributed by atoms with Crippen LogP contribution in [0.2, 0.25) is 0 Å². The SMILES string of the molecule is CCOC(=O)C(C)Oc1ccc(CNC2CC2)cc1. The molecular formula is C15H21NO3. The highest BCUT2D eigenvalue weighted by molar-refractivity contribution is 5.74. The first kappa shape index (κ1) is 13.9. The second kappa shape index (κ2) is 6.57. The van der Waals surface area contributed by atoms with Crippen molar-refractivity contribution in [3.8, 4) is 5.75 Å². The van der Waals surface area contributed by atoms with E-state index in [4.69, 9.17) is 9.47 Å². The van der Waals surface area contributed by atoms with Crippen molar-refractivity contribution >= 4 is 5.97 Å². The van der Waals surface area contributed by atoms with Gasteiger partial charge in [0.25, 0.3) is 0 Å². The van der Waals surface area contributed by atoms with Crippen LogP contribution in [0.3, 0.4) is 0 Å². The van der Waals surface area contributed by atoms with E-state index < -0.39 is 6.10 Å². The van der Waals surface area contributed by atoms with Crippen molar-refractivity contribution in [1.82, 2.24) is 5.32 Å². The van der Waals surface area contributed by atoms with Crippen molar-refractivity contribution in [3.63, 3.8) is 0 Å². The first-order valence-electron chi connectivity index (χ1n) is 6.84. The Kier molecular flexibility index (Phi) is 4.80. The van der Waals surface area contributed by atoms with E-state index >= 15 is 0 Å². The smallest absolute Gasteiger partial charge is 0.347 e. The molecule has 4 nitrogen and oxygen atoms in total. The van der Waals surface area contributed by atoms with Crippen molar-refractivity contribution in [2.24, 2.45) is 0 Å². The predicted octanol–water partition coefficient (Wildman–Crippen LogP) is 2.27. The number of esters is 1. The zero-order chi connectivity index (χ0) is 13.7. The van der Waals surface area contributed by atoms with Gasteiger partial charge < -0.3 is 14.8 Å². The van der Waals surface area contributed by atoms with Crippen LogP contribution in [0.15, 0.2) is 24.3 Å². The molecule has 1 aliphatic carbocycles. The Morgan fingerprint density at radius 3 is 2.63 bits per heavy atom. The lowest BCUT2D eigenvalue weighted by Gasteiger charge is -2.13. The second-order valence-electron chi connectivity index (χ2n) is 4.81. The lowest BCUT2D eigenvalue weighted by atomic mass is 10.2. The van der Waals surface area contributed by atoms with E-state index in [1.165, 1.54) is 18.4 Å². The summed E-state index contributed by atoms with van der Waals surface area (Å²) in [6.07, 6.45) is 2.01. The van der Waals surface area contributed by atoms with Crippen LogP contribution in [-0.4, -0.2) is 24.7 Å². The molecule has 0 amide bonds. The summed E-state index contributed by atoms with van der Waals surface area (Å²) in [5.74, 6) is 0.359. The summed E-state index contributed by atoms with van der Waals surface area (Å²) in [4.78, 5) is 11.4. The first-order valence-corrected chi connectivity index (χ1v) is 6.84. The number of rotatable bonds is 7. The molecule has 0 spiro atoms. The summed E-state index contributed by atoms with van der Waals surface area (Å²) >= 11 is 0. The predicted molar refractivity (Wildman–Crippen MR) is 73.0 cm³/mol. The van der Waals surface area contributed by atoms with Gasteiger partial charge >= 0.3 is 5.97 Å². The topological polar surface area (TPSA) is 47.6 Å². The van der Waals surface area contributed by atoms with E-state index in [1.54, 1.807) is 13.8 Å². The second-order valence-corrected chi connectivity index (χ2v) is 4.81. The molecule has 2 rings (SSSR count). The Morgan fingerprint density at radius 1 is 1.37 bits per heavy atom. The zero-order valence-electron chi connectivity index (χ0n) is 11.5. The van der Waals surface area contributed by atoms with Crippen LogP contribution in [0.25, 0.3) is 0 Å². The molecule has 4 heteroatoms. The van der Waals surface area contributed by atoms with E-state index in [2.05, 4.69) is 5.32 Å². The summed E-state index contributed by atoms with van der Waals surface area (Å²) in [6.45, 7) is 4.74. The number of nitrogens with one attached hydrogen (secondary N) is 1. The van der Waals surface area contributed by atoms with Gasteiger partial charge in [-0.3, -0.25) is 0 Å². The minimum absolute atomic E-state index is 0.332. The molecule has 0 aromatic heterocycles. The normalized spacial score (nSPS) is 15.9. The Bertz CT molecular complexity index is 412. The summed E-state index contributed by atoms with van der Waals surface area (Å²) in [6, 6.07) is 8.52. The molecule has 1 aliphatic rings. The Hall–Kier alpha value is -1.55.